The Bertz CT molecular complexity index is 801. The van der Waals surface area contributed by atoms with E-state index in [0.29, 0.717) is 30.2 Å². The maximum absolute atomic E-state index is 13.7. The second-order valence-corrected chi connectivity index (χ2v) is 9.40. The van der Waals surface area contributed by atoms with Crippen molar-refractivity contribution in [2.75, 3.05) is 24.5 Å². The molecule has 1 aromatic carbocycles. The lowest BCUT2D eigenvalue weighted by atomic mass is 9.90. The molecule has 2 N–H and O–H groups in total. The summed E-state index contributed by atoms with van der Waals surface area (Å²) in [6, 6.07) is 3.61. The van der Waals surface area contributed by atoms with Crippen LogP contribution in [0.1, 0.15) is 34.1 Å². The molecule has 29 heavy (non-hydrogen) atoms. The number of halogens is 2. The summed E-state index contributed by atoms with van der Waals surface area (Å²) >= 11 is 6.20. The van der Waals surface area contributed by atoms with Crippen LogP contribution < -0.4 is 10.6 Å². The smallest absolute Gasteiger partial charge is 0.309 e. The van der Waals surface area contributed by atoms with E-state index in [-0.39, 0.29) is 42.4 Å². The molecule has 2 heterocycles. The minimum absolute atomic E-state index is 0.127. The van der Waals surface area contributed by atoms with Gasteiger partial charge in [-0.25, -0.2) is 4.39 Å². The van der Waals surface area contributed by atoms with Crippen LogP contribution in [0, 0.1) is 17.7 Å². The molecule has 0 aromatic heterocycles. The summed E-state index contributed by atoms with van der Waals surface area (Å²) in [4.78, 5) is 28.4. The molecule has 0 saturated carbocycles. The van der Waals surface area contributed by atoms with Gasteiger partial charge in [-0.1, -0.05) is 25.4 Å². The Labute approximate surface area is 176 Å². The van der Waals surface area contributed by atoms with E-state index in [1.54, 1.807) is 0 Å². The highest BCUT2D eigenvalue weighted by Gasteiger charge is 2.43. The lowest BCUT2D eigenvalue weighted by Crippen LogP contribution is -2.64. The standard InChI is InChI=1S/C21H29ClFN3O3/c1-12(2)14-8-18(29-20(14)28)16(24)9-25-10-19(27)26(11-21(25,3)4)17-7-13(23)5-6-15(17)22/h5-7,12,14,16,18H,8-11,24H2,1-4H3/t14-,16-,18-/m0/s1. The molecule has 0 aliphatic carbocycles. The van der Waals surface area contributed by atoms with Crippen molar-refractivity contribution < 1.29 is 18.7 Å². The van der Waals surface area contributed by atoms with Crippen LogP contribution in [-0.2, 0) is 14.3 Å². The number of hydrogen-bond acceptors (Lipinski definition) is 5. The molecule has 8 heteroatoms. The van der Waals surface area contributed by atoms with E-state index in [4.69, 9.17) is 22.1 Å². The number of anilines is 1. The molecule has 0 spiro atoms. The van der Waals surface area contributed by atoms with Gasteiger partial charge in [0.1, 0.15) is 11.9 Å². The summed E-state index contributed by atoms with van der Waals surface area (Å²) in [5.41, 5.74) is 6.33. The Morgan fingerprint density at radius 1 is 1.34 bits per heavy atom. The molecule has 2 aliphatic heterocycles. The number of amides is 1. The molecule has 2 saturated heterocycles. The van der Waals surface area contributed by atoms with E-state index in [2.05, 4.69) is 0 Å². The van der Waals surface area contributed by atoms with Crippen molar-refractivity contribution in [2.24, 2.45) is 17.6 Å². The van der Waals surface area contributed by atoms with E-state index in [0.717, 1.165) is 0 Å². The minimum Gasteiger partial charge on any atom is -0.460 e. The summed E-state index contributed by atoms with van der Waals surface area (Å²) in [7, 11) is 0. The molecule has 6 nitrogen and oxygen atoms in total. The molecule has 3 rings (SSSR count). The molecule has 0 radical (unpaired) electrons. The van der Waals surface area contributed by atoms with Crippen molar-refractivity contribution in [1.82, 2.24) is 4.90 Å². The van der Waals surface area contributed by atoms with Crippen LogP contribution in [0.15, 0.2) is 18.2 Å². The average molecular weight is 426 g/mol. The van der Waals surface area contributed by atoms with Gasteiger partial charge < -0.3 is 15.4 Å². The monoisotopic (exact) mass is 425 g/mol. The van der Waals surface area contributed by atoms with Gasteiger partial charge in [-0.3, -0.25) is 14.5 Å². The topological polar surface area (TPSA) is 75.9 Å². The van der Waals surface area contributed by atoms with Gasteiger partial charge in [-0.05, 0) is 44.4 Å². The van der Waals surface area contributed by atoms with Crippen LogP contribution in [-0.4, -0.2) is 54.1 Å². The highest BCUT2D eigenvalue weighted by Crippen LogP contribution is 2.33. The van der Waals surface area contributed by atoms with Crippen molar-refractivity contribution in [3.05, 3.63) is 29.0 Å². The highest BCUT2D eigenvalue weighted by molar-refractivity contribution is 6.33. The van der Waals surface area contributed by atoms with Crippen molar-refractivity contribution in [2.45, 2.75) is 51.8 Å². The molecule has 3 atom stereocenters. The first-order chi connectivity index (χ1) is 13.5. The van der Waals surface area contributed by atoms with E-state index >= 15 is 0 Å². The lowest BCUT2D eigenvalue weighted by molar-refractivity contribution is -0.146. The predicted octanol–water partition coefficient (Wildman–Crippen LogP) is 2.82. The molecule has 0 unspecified atom stereocenters. The first-order valence-corrected chi connectivity index (χ1v) is 10.3. The van der Waals surface area contributed by atoms with Crippen molar-refractivity contribution in [1.29, 1.82) is 0 Å². The second-order valence-electron chi connectivity index (χ2n) is 8.99. The summed E-state index contributed by atoms with van der Waals surface area (Å²) in [5, 5.41) is 0.332. The zero-order chi connectivity index (χ0) is 21.5. The van der Waals surface area contributed by atoms with Crippen LogP contribution in [0.3, 0.4) is 0 Å². The number of nitrogens with two attached hydrogens (primary N) is 1. The fraction of sp³-hybridized carbons (Fsp3) is 0.619. The van der Waals surface area contributed by atoms with Gasteiger partial charge in [0, 0.05) is 18.6 Å². The number of benzene rings is 1. The minimum atomic E-state index is -0.442. The Kier molecular flexibility index (Phi) is 6.22. The van der Waals surface area contributed by atoms with E-state index in [9.17, 15) is 14.0 Å². The first kappa shape index (κ1) is 22.0. The summed E-state index contributed by atoms with van der Waals surface area (Å²) in [6.07, 6.45) is 0.252. The van der Waals surface area contributed by atoms with Gasteiger partial charge in [0.05, 0.1) is 29.2 Å². The predicted molar refractivity (Wildman–Crippen MR) is 110 cm³/mol. The molecule has 1 aromatic rings. The Morgan fingerprint density at radius 2 is 2.03 bits per heavy atom. The molecule has 0 bridgehead atoms. The maximum atomic E-state index is 13.7. The molecule has 1 amide bonds. The normalized spacial score (nSPS) is 26.1. The number of carbonyl (C=O) groups is 2. The van der Waals surface area contributed by atoms with Gasteiger partial charge in [0.15, 0.2) is 0 Å². The van der Waals surface area contributed by atoms with Crippen LogP contribution in [0.25, 0.3) is 0 Å². The lowest BCUT2D eigenvalue weighted by Gasteiger charge is -2.47. The highest BCUT2D eigenvalue weighted by atomic mass is 35.5. The number of rotatable bonds is 5. The number of hydrogen-bond donors (Lipinski definition) is 1. The van der Waals surface area contributed by atoms with Gasteiger partial charge in [0.2, 0.25) is 5.91 Å². The number of piperazine rings is 1. The van der Waals surface area contributed by atoms with E-state index in [1.165, 1.54) is 23.1 Å². The third-order valence-corrected chi connectivity index (χ3v) is 6.32. The van der Waals surface area contributed by atoms with Crippen molar-refractivity contribution in [3.63, 3.8) is 0 Å². The zero-order valence-electron chi connectivity index (χ0n) is 17.3. The Hall–Kier alpha value is -1.70. The quantitative estimate of drug-likeness (QED) is 0.734. The van der Waals surface area contributed by atoms with Crippen LogP contribution in [0.2, 0.25) is 5.02 Å². The van der Waals surface area contributed by atoms with Crippen LogP contribution in [0.5, 0.6) is 0 Å². The Morgan fingerprint density at radius 3 is 2.66 bits per heavy atom. The zero-order valence-corrected chi connectivity index (χ0v) is 18.1. The van der Waals surface area contributed by atoms with Crippen molar-refractivity contribution >= 4 is 29.2 Å². The molecule has 2 aliphatic rings. The average Bonchev–Trinajstić information content (AvgIpc) is 3.02. The van der Waals surface area contributed by atoms with E-state index < -0.39 is 11.4 Å². The molecular formula is C21H29ClFN3O3. The summed E-state index contributed by atoms with van der Waals surface area (Å²) < 4.78 is 19.2. The van der Waals surface area contributed by atoms with Gasteiger partial charge in [-0.2, -0.15) is 0 Å². The van der Waals surface area contributed by atoms with Crippen LogP contribution in [0.4, 0.5) is 10.1 Å². The number of carbonyl (C=O) groups excluding carboxylic acids is 2. The fourth-order valence-corrected chi connectivity index (χ4v) is 4.29. The molecular weight excluding hydrogens is 397 g/mol. The van der Waals surface area contributed by atoms with Gasteiger partial charge >= 0.3 is 5.97 Å². The summed E-state index contributed by atoms with van der Waals surface area (Å²) in [5.74, 6) is -0.735. The largest absolute Gasteiger partial charge is 0.460 e. The number of cyclic esters (lactones) is 1. The van der Waals surface area contributed by atoms with E-state index in [1.807, 2.05) is 32.6 Å². The number of esters is 1. The van der Waals surface area contributed by atoms with Gasteiger partial charge in [-0.15, -0.1) is 0 Å². The van der Waals surface area contributed by atoms with Crippen molar-refractivity contribution in [3.8, 4) is 0 Å². The fourth-order valence-electron chi connectivity index (χ4n) is 4.07. The third-order valence-electron chi connectivity index (χ3n) is 6.00. The number of nitrogens with zero attached hydrogens (tertiary/aromatic N) is 2. The first-order valence-electron chi connectivity index (χ1n) is 9.96. The molecule has 2 fully saturated rings. The van der Waals surface area contributed by atoms with Gasteiger partial charge in [0.25, 0.3) is 0 Å². The SMILES string of the molecule is CC(C)[C@@H]1C[C@@H]([C@@H](N)CN2CC(=O)N(c3cc(F)ccc3Cl)CC2(C)C)OC1=O. The number of ether oxygens (including phenoxy) is 1. The van der Waals surface area contributed by atoms with Crippen LogP contribution >= 0.6 is 11.6 Å². The Balaban J connectivity index is 1.70. The maximum Gasteiger partial charge on any atom is 0.309 e. The molecule has 160 valence electrons. The second kappa shape index (κ2) is 8.20. The third kappa shape index (κ3) is 4.57. The summed E-state index contributed by atoms with van der Waals surface area (Å²) in [6.45, 7) is 8.90.